The van der Waals surface area contributed by atoms with E-state index in [9.17, 15) is 4.79 Å². The highest BCUT2D eigenvalue weighted by atomic mass is 32.1. The van der Waals surface area contributed by atoms with Crippen molar-refractivity contribution < 1.29 is 4.79 Å². The normalized spacial score (nSPS) is 18.8. The van der Waals surface area contributed by atoms with Gasteiger partial charge in [-0.2, -0.15) is 11.3 Å². The van der Waals surface area contributed by atoms with Crippen LogP contribution in [0.2, 0.25) is 0 Å². The average molecular weight is 250 g/mol. The van der Waals surface area contributed by atoms with Gasteiger partial charge in [0.25, 0.3) is 0 Å². The lowest BCUT2D eigenvalue weighted by atomic mass is 9.73. The fourth-order valence-electron chi connectivity index (χ4n) is 3.20. The Kier molecular flexibility index (Phi) is 4.03. The van der Waals surface area contributed by atoms with Crippen LogP contribution in [0.3, 0.4) is 0 Å². The van der Waals surface area contributed by atoms with E-state index in [4.69, 9.17) is 0 Å². The van der Waals surface area contributed by atoms with Gasteiger partial charge in [-0.25, -0.2) is 0 Å². The fraction of sp³-hybridized carbons (Fsp3) is 0.667. The van der Waals surface area contributed by atoms with Crippen molar-refractivity contribution in [1.82, 2.24) is 0 Å². The highest BCUT2D eigenvalue weighted by molar-refractivity contribution is 7.08. The summed E-state index contributed by atoms with van der Waals surface area (Å²) >= 11 is 1.68. The molecule has 0 atom stereocenters. The molecule has 0 radical (unpaired) electrons. The Bertz CT molecular complexity index is 358. The van der Waals surface area contributed by atoms with Crippen LogP contribution < -0.4 is 0 Å². The molecule has 0 spiro atoms. The largest absolute Gasteiger partial charge is 0.299 e. The molecule has 1 saturated carbocycles. The second-order valence-electron chi connectivity index (χ2n) is 5.82. The van der Waals surface area contributed by atoms with Crippen LogP contribution in [0.5, 0.6) is 0 Å². The first kappa shape index (κ1) is 12.8. The van der Waals surface area contributed by atoms with Gasteiger partial charge in [0.1, 0.15) is 5.78 Å². The monoisotopic (exact) mass is 250 g/mol. The molecular formula is C15H22OS. The number of thiophene rings is 1. The van der Waals surface area contributed by atoms with Crippen LogP contribution in [0.25, 0.3) is 0 Å². The summed E-state index contributed by atoms with van der Waals surface area (Å²) in [4.78, 5) is 12.6. The van der Waals surface area contributed by atoms with Crippen molar-refractivity contribution in [2.75, 3.05) is 0 Å². The van der Waals surface area contributed by atoms with Gasteiger partial charge in [0.05, 0.1) is 0 Å². The van der Waals surface area contributed by atoms with E-state index < -0.39 is 0 Å². The number of hydrogen-bond donors (Lipinski definition) is 0. The molecule has 94 valence electrons. The van der Waals surface area contributed by atoms with E-state index in [2.05, 4.69) is 30.7 Å². The molecule has 0 saturated heterocycles. The Morgan fingerprint density at radius 2 is 2.12 bits per heavy atom. The number of carbonyl (C=O) groups excluding carboxylic acids is 1. The van der Waals surface area contributed by atoms with Crippen LogP contribution in [0.15, 0.2) is 16.8 Å². The van der Waals surface area contributed by atoms with Gasteiger partial charge in [-0.05, 0) is 47.6 Å². The second kappa shape index (κ2) is 5.34. The highest BCUT2D eigenvalue weighted by Gasteiger charge is 2.40. The molecule has 2 rings (SSSR count). The Morgan fingerprint density at radius 3 is 2.65 bits per heavy atom. The average Bonchev–Trinajstić information content (AvgIpc) is 2.88. The van der Waals surface area contributed by atoms with Crippen LogP contribution in [0.1, 0.15) is 51.5 Å². The van der Waals surface area contributed by atoms with Gasteiger partial charge in [-0.15, -0.1) is 0 Å². The highest BCUT2D eigenvalue weighted by Crippen LogP contribution is 2.44. The summed E-state index contributed by atoms with van der Waals surface area (Å²) in [6, 6.07) is 2.08. The third-order valence-electron chi connectivity index (χ3n) is 3.90. The summed E-state index contributed by atoms with van der Waals surface area (Å²) in [6.07, 6.45) is 6.44. The molecule has 0 unspecified atom stereocenters. The number of ketones is 1. The van der Waals surface area contributed by atoms with Crippen molar-refractivity contribution in [1.29, 1.82) is 0 Å². The number of hydrogen-bond acceptors (Lipinski definition) is 2. The molecule has 1 heterocycles. The molecule has 0 amide bonds. The van der Waals surface area contributed by atoms with Gasteiger partial charge in [-0.1, -0.05) is 26.7 Å². The summed E-state index contributed by atoms with van der Waals surface area (Å²) in [5.41, 5.74) is 1.21. The van der Waals surface area contributed by atoms with Crippen molar-refractivity contribution in [3.8, 4) is 0 Å². The van der Waals surface area contributed by atoms with E-state index in [0.29, 0.717) is 18.1 Å². The SMILES string of the molecule is CC(C)CC1(C(=O)Cc2ccsc2)CCCC1. The molecule has 0 N–H and O–H groups in total. The lowest BCUT2D eigenvalue weighted by Crippen LogP contribution is -2.31. The molecule has 0 aromatic carbocycles. The second-order valence-corrected chi connectivity index (χ2v) is 6.60. The van der Waals surface area contributed by atoms with Gasteiger partial charge in [0.15, 0.2) is 0 Å². The molecule has 0 bridgehead atoms. The number of carbonyl (C=O) groups is 1. The topological polar surface area (TPSA) is 17.1 Å². The molecule has 17 heavy (non-hydrogen) atoms. The van der Waals surface area contributed by atoms with E-state index in [-0.39, 0.29) is 5.41 Å². The molecule has 1 fully saturated rings. The number of Topliss-reactive ketones (excluding diaryl/α,β-unsaturated/α-hetero) is 1. The smallest absolute Gasteiger partial charge is 0.143 e. The first-order valence-corrected chi connectivity index (χ1v) is 7.61. The maximum Gasteiger partial charge on any atom is 0.143 e. The minimum absolute atomic E-state index is 0.0100. The molecule has 1 aromatic rings. The quantitative estimate of drug-likeness (QED) is 0.753. The van der Waals surface area contributed by atoms with E-state index >= 15 is 0 Å². The van der Waals surface area contributed by atoms with Crippen LogP contribution in [0, 0.1) is 11.3 Å². The van der Waals surface area contributed by atoms with Gasteiger partial charge >= 0.3 is 0 Å². The van der Waals surface area contributed by atoms with Crippen molar-refractivity contribution >= 4 is 17.1 Å². The zero-order valence-electron chi connectivity index (χ0n) is 10.9. The van der Waals surface area contributed by atoms with Crippen LogP contribution in [0.4, 0.5) is 0 Å². The number of rotatable bonds is 5. The van der Waals surface area contributed by atoms with Crippen LogP contribution in [-0.4, -0.2) is 5.78 Å². The predicted octanol–water partition coefficient (Wildman–Crippen LogP) is 4.47. The van der Waals surface area contributed by atoms with E-state index in [1.165, 1.54) is 18.4 Å². The minimum atomic E-state index is 0.0100. The first-order valence-electron chi connectivity index (χ1n) is 6.67. The molecule has 1 aliphatic carbocycles. The molecule has 2 heteroatoms. The van der Waals surface area contributed by atoms with Crippen molar-refractivity contribution in [3.63, 3.8) is 0 Å². The van der Waals surface area contributed by atoms with E-state index in [0.717, 1.165) is 19.3 Å². The standard InChI is InChI=1S/C15H22OS/c1-12(2)10-15(6-3-4-7-15)14(16)9-13-5-8-17-11-13/h5,8,11-12H,3-4,6-7,9-10H2,1-2H3. The molecule has 1 aromatic heterocycles. The Morgan fingerprint density at radius 1 is 1.41 bits per heavy atom. The summed E-state index contributed by atoms with van der Waals surface area (Å²) in [5, 5.41) is 4.17. The maximum atomic E-state index is 12.6. The zero-order valence-corrected chi connectivity index (χ0v) is 11.7. The summed E-state index contributed by atoms with van der Waals surface area (Å²) < 4.78 is 0. The third-order valence-corrected chi connectivity index (χ3v) is 4.63. The van der Waals surface area contributed by atoms with E-state index in [1.54, 1.807) is 11.3 Å². The van der Waals surface area contributed by atoms with Crippen molar-refractivity contribution in [2.24, 2.45) is 11.3 Å². The van der Waals surface area contributed by atoms with Gasteiger partial charge in [0.2, 0.25) is 0 Å². The van der Waals surface area contributed by atoms with Gasteiger partial charge in [-0.3, -0.25) is 4.79 Å². The third kappa shape index (κ3) is 2.98. The lowest BCUT2D eigenvalue weighted by Gasteiger charge is -2.29. The Balaban J connectivity index is 2.08. The fourth-order valence-corrected chi connectivity index (χ4v) is 3.86. The minimum Gasteiger partial charge on any atom is -0.299 e. The first-order chi connectivity index (χ1) is 8.12. The predicted molar refractivity (Wildman–Crippen MR) is 73.4 cm³/mol. The summed E-state index contributed by atoms with van der Waals surface area (Å²) in [6.45, 7) is 4.47. The van der Waals surface area contributed by atoms with Crippen LogP contribution in [-0.2, 0) is 11.2 Å². The molecule has 1 aliphatic rings. The van der Waals surface area contributed by atoms with E-state index in [1.807, 2.05) is 0 Å². The van der Waals surface area contributed by atoms with Crippen molar-refractivity contribution in [2.45, 2.75) is 52.4 Å². The lowest BCUT2D eigenvalue weighted by molar-refractivity contribution is -0.128. The van der Waals surface area contributed by atoms with Crippen LogP contribution >= 0.6 is 11.3 Å². The Labute approximate surface area is 108 Å². The summed E-state index contributed by atoms with van der Waals surface area (Å²) in [5.74, 6) is 1.11. The van der Waals surface area contributed by atoms with Crippen molar-refractivity contribution in [3.05, 3.63) is 22.4 Å². The Hall–Kier alpha value is -0.630. The maximum absolute atomic E-state index is 12.6. The van der Waals surface area contributed by atoms with Gasteiger partial charge < -0.3 is 0 Å². The zero-order chi connectivity index (χ0) is 12.3. The molecule has 1 nitrogen and oxygen atoms in total. The molecular weight excluding hydrogens is 228 g/mol. The van der Waals surface area contributed by atoms with Gasteiger partial charge in [0, 0.05) is 11.8 Å². The molecule has 0 aliphatic heterocycles. The summed E-state index contributed by atoms with van der Waals surface area (Å²) in [7, 11) is 0.